The molecule has 0 saturated carbocycles. The first-order valence-corrected chi connectivity index (χ1v) is 8.86. The number of carbonyl (C=O) groups is 1. The van der Waals surface area contributed by atoms with Crippen LogP contribution in [0.2, 0.25) is 0 Å². The average Bonchev–Trinajstić information content (AvgIpc) is 2.94. The van der Waals surface area contributed by atoms with Crippen molar-refractivity contribution in [2.75, 3.05) is 5.32 Å². The molecular formula is C21H21N3O3. The summed E-state index contributed by atoms with van der Waals surface area (Å²) in [7, 11) is 1.80. The highest BCUT2D eigenvalue weighted by Gasteiger charge is 2.33. The summed E-state index contributed by atoms with van der Waals surface area (Å²) < 4.78 is 7.45. The van der Waals surface area contributed by atoms with Gasteiger partial charge < -0.3 is 15.2 Å². The third-order valence-electron chi connectivity index (χ3n) is 4.89. The lowest BCUT2D eigenvalue weighted by atomic mass is 9.85. The van der Waals surface area contributed by atoms with E-state index in [0.717, 1.165) is 16.8 Å². The van der Waals surface area contributed by atoms with Gasteiger partial charge in [-0.2, -0.15) is 5.10 Å². The minimum absolute atomic E-state index is 0.0840. The standard InChI is InChI=1S/C21H21N3O3/c1-13-20-17(11-19(26)22-21(20)24(2)23-13)16-9-8-15(10-18(16)25)27-12-14-6-4-3-5-7-14/h3-10,17,25H,11-12H2,1-2H3,(H,22,26)/t17-/m1/s1. The number of ether oxygens (including phenoxy) is 1. The molecule has 1 aliphatic heterocycles. The maximum absolute atomic E-state index is 12.2. The Morgan fingerprint density at radius 3 is 2.78 bits per heavy atom. The molecule has 1 aromatic heterocycles. The van der Waals surface area contributed by atoms with E-state index in [1.807, 2.05) is 49.4 Å². The molecule has 0 saturated heterocycles. The maximum atomic E-state index is 12.2. The number of phenolic OH excluding ortho intramolecular Hbond substituents is 1. The molecule has 0 spiro atoms. The van der Waals surface area contributed by atoms with E-state index in [4.69, 9.17) is 4.74 Å². The van der Waals surface area contributed by atoms with Crippen LogP contribution in [0.1, 0.15) is 34.7 Å². The Kier molecular flexibility index (Phi) is 4.32. The van der Waals surface area contributed by atoms with Crippen LogP contribution in [-0.2, 0) is 18.4 Å². The van der Waals surface area contributed by atoms with Crippen LogP contribution in [0.4, 0.5) is 5.82 Å². The topological polar surface area (TPSA) is 76.4 Å². The van der Waals surface area contributed by atoms with Crippen LogP contribution in [0.3, 0.4) is 0 Å². The Morgan fingerprint density at radius 2 is 2.04 bits per heavy atom. The van der Waals surface area contributed by atoms with Crippen molar-refractivity contribution in [3.05, 3.63) is 70.9 Å². The fourth-order valence-corrected chi connectivity index (χ4v) is 3.62. The van der Waals surface area contributed by atoms with Crippen LogP contribution >= 0.6 is 0 Å². The molecule has 1 atom stereocenters. The molecule has 6 heteroatoms. The van der Waals surface area contributed by atoms with Gasteiger partial charge in [-0.25, -0.2) is 0 Å². The zero-order valence-corrected chi connectivity index (χ0v) is 15.3. The summed E-state index contributed by atoms with van der Waals surface area (Å²) in [6.07, 6.45) is 0.275. The van der Waals surface area contributed by atoms with E-state index >= 15 is 0 Å². The molecular weight excluding hydrogens is 342 g/mol. The monoisotopic (exact) mass is 363 g/mol. The van der Waals surface area contributed by atoms with E-state index in [0.29, 0.717) is 23.7 Å². The normalized spacial score (nSPS) is 15.9. The largest absolute Gasteiger partial charge is 0.508 e. The number of nitrogens with one attached hydrogen (secondary N) is 1. The third kappa shape index (κ3) is 3.26. The number of phenols is 1. The number of aromatic nitrogens is 2. The van der Waals surface area contributed by atoms with Gasteiger partial charge in [0, 0.05) is 36.6 Å². The van der Waals surface area contributed by atoms with Gasteiger partial charge in [0.1, 0.15) is 23.9 Å². The highest BCUT2D eigenvalue weighted by molar-refractivity contribution is 5.94. The number of fused-ring (bicyclic) bond motifs is 1. The van der Waals surface area contributed by atoms with E-state index in [2.05, 4.69) is 10.4 Å². The maximum Gasteiger partial charge on any atom is 0.226 e. The Labute approximate surface area is 157 Å². The predicted molar refractivity (Wildman–Crippen MR) is 102 cm³/mol. The summed E-state index contributed by atoms with van der Waals surface area (Å²) in [4.78, 5) is 12.2. The van der Waals surface area contributed by atoms with Gasteiger partial charge in [-0.3, -0.25) is 9.48 Å². The third-order valence-corrected chi connectivity index (χ3v) is 4.89. The summed E-state index contributed by atoms with van der Waals surface area (Å²) in [5, 5.41) is 17.9. The molecule has 1 aliphatic rings. The van der Waals surface area contributed by atoms with Crippen molar-refractivity contribution in [1.29, 1.82) is 0 Å². The molecule has 3 aromatic rings. The van der Waals surface area contributed by atoms with Gasteiger partial charge in [0.15, 0.2) is 0 Å². The van der Waals surface area contributed by atoms with Crippen LogP contribution < -0.4 is 10.1 Å². The first kappa shape index (κ1) is 17.1. The lowest BCUT2D eigenvalue weighted by molar-refractivity contribution is -0.116. The van der Waals surface area contributed by atoms with E-state index in [1.54, 1.807) is 17.8 Å². The van der Waals surface area contributed by atoms with Crippen LogP contribution in [0, 0.1) is 6.92 Å². The number of hydrogen-bond donors (Lipinski definition) is 2. The Balaban J connectivity index is 1.61. The first-order valence-electron chi connectivity index (χ1n) is 8.86. The predicted octanol–water partition coefficient (Wildman–Crippen LogP) is 3.49. The summed E-state index contributed by atoms with van der Waals surface area (Å²) >= 11 is 0. The van der Waals surface area contributed by atoms with Crippen molar-refractivity contribution in [3.8, 4) is 11.5 Å². The summed E-state index contributed by atoms with van der Waals surface area (Å²) in [5.74, 6) is 1.08. The molecule has 27 heavy (non-hydrogen) atoms. The fourth-order valence-electron chi connectivity index (χ4n) is 3.62. The lowest BCUT2D eigenvalue weighted by Gasteiger charge is -2.24. The highest BCUT2D eigenvalue weighted by Crippen LogP contribution is 2.42. The Hall–Kier alpha value is -3.28. The van der Waals surface area contributed by atoms with Gasteiger partial charge in [0.2, 0.25) is 5.91 Å². The number of aromatic hydroxyl groups is 1. The van der Waals surface area contributed by atoms with Crippen molar-refractivity contribution in [3.63, 3.8) is 0 Å². The van der Waals surface area contributed by atoms with Crippen molar-refractivity contribution in [1.82, 2.24) is 9.78 Å². The molecule has 0 fully saturated rings. The Bertz CT molecular complexity index is 995. The van der Waals surface area contributed by atoms with Gasteiger partial charge in [0.05, 0.1) is 5.69 Å². The zero-order chi connectivity index (χ0) is 19.0. The van der Waals surface area contributed by atoms with Crippen LogP contribution in [-0.4, -0.2) is 20.8 Å². The second-order valence-electron chi connectivity index (χ2n) is 6.77. The molecule has 0 aliphatic carbocycles. The van der Waals surface area contributed by atoms with Crippen LogP contribution in [0.5, 0.6) is 11.5 Å². The number of rotatable bonds is 4. The number of hydrogen-bond acceptors (Lipinski definition) is 4. The van der Waals surface area contributed by atoms with Crippen LogP contribution in [0.25, 0.3) is 0 Å². The van der Waals surface area contributed by atoms with E-state index in [1.165, 1.54) is 0 Å². The highest BCUT2D eigenvalue weighted by atomic mass is 16.5. The number of nitrogens with zero attached hydrogens (tertiary/aromatic N) is 2. The lowest BCUT2D eigenvalue weighted by Crippen LogP contribution is -2.24. The molecule has 138 valence electrons. The Morgan fingerprint density at radius 1 is 1.26 bits per heavy atom. The fraction of sp³-hybridized carbons (Fsp3) is 0.238. The molecule has 4 rings (SSSR count). The van der Waals surface area contributed by atoms with E-state index in [9.17, 15) is 9.90 Å². The molecule has 0 unspecified atom stereocenters. The van der Waals surface area contributed by atoms with Crippen molar-refractivity contribution in [2.24, 2.45) is 7.05 Å². The molecule has 6 nitrogen and oxygen atoms in total. The second-order valence-corrected chi connectivity index (χ2v) is 6.77. The van der Waals surface area contributed by atoms with Gasteiger partial charge in [0.25, 0.3) is 0 Å². The molecule has 2 N–H and O–H groups in total. The number of aryl methyl sites for hydroxylation is 2. The van der Waals surface area contributed by atoms with E-state index in [-0.39, 0.29) is 24.0 Å². The summed E-state index contributed by atoms with van der Waals surface area (Å²) in [5.41, 5.74) is 3.56. The molecule has 0 bridgehead atoms. The average molecular weight is 363 g/mol. The van der Waals surface area contributed by atoms with Crippen molar-refractivity contribution < 1.29 is 14.6 Å². The zero-order valence-electron chi connectivity index (χ0n) is 15.3. The number of benzene rings is 2. The van der Waals surface area contributed by atoms with Crippen molar-refractivity contribution in [2.45, 2.75) is 25.9 Å². The molecule has 0 radical (unpaired) electrons. The molecule has 1 amide bonds. The number of carbonyl (C=O) groups excluding carboxylic acids is 1. The van der Waals surface area contributed by atoms with E-state index < -0.39 is 0 Å². The summed E-state index contributed by atoms with van der Waals surface area (Å²) in [6.45, 7) is 2.34. The van der Waals surface area contributed by atoms with Gasteiger partial charge >= 0.3 is 0 Å². The van der Waals surface area contributed by atoms with Crippen molar-refractivity contribution >= 4 is 11.7 Å². The number of anilines is 1. The SMILES string of the molecule is Cc1nn(C)c2c1[C@@H](c1ccc(OCc3ccccc3)cc1O)CC(=O)N2. The van der Waals surface area contributed by atoms with Gasteiger partial charge in [-0.05, 0) is 18.6 Å². The minimum Gasteiger partial charge on any atom is -0.508 e. The minimum atomic E-state index is -0.231. The smallest absolute Gasteiger partial charge is 0.226 e. The summed E-state index contributed by atoms with van der Waals surface area (Å²) in [6, 6.07) is 15.1. The first-order chi connectivity index (χ1) is 13.0. The molecule has 2 heterocycles. The quantitative estimate of drug-likeness (QED) is 0.744. The van der Waals surface area contributed by atoms with Gasteiger partial charge in [-0.15, -0.1) is 0 Å². The van der Waals surface area contributed by atoms with Gasteiger partial charge in [-0.1, -0.05) is 36.4 Å². The van der Waals surface area contributed by atoms with Crippen LogP contribution in [0.15, 0.2) is 48.5 Å². The molecule has 2 aromatic carbocycles. The number of amides is 1. The second kappa shape index (κ2) is 6.79.